The number of hydrogen-bond acceptors (Lipinski definition) is 4. The molecule has 0 spiro atoms. The van der Waals surface area contributed by atoms with Gasteiger partial charge in [-0.05, 0) is 30.2 Å². The first-order chi connectivity index (χ1) is 14.3. The van der Waals surface area contributed by atoms with Crippen molar-refractivity contribution in [2.24, 2.45) is 4.99 Å². The van der Waals surface area contributed by atoms with Crippen LogP contribution in [0.25, 0.3) is 0 Å². The minimum absolute atomic E-state index is 0.0771. The number of aromatic nitrogens is 1. The lowest BCUT2D eigenvalue weighted by Crippen LogP contribution is -2.37. The summed E-state index contributed by atoms with van der Waals surface area (Å²) >= 11 is 0. The second-order valence-corrected chi connectivity index (χ2v) is 6.85. The van der Waals surface area contributed by atoms with Gasteiger partial charge in [-0.2, -0.15) is 13.2 Å². The molecule has 30 heavy (non-hydrogen) atoms. The number of aliphatic imine (C=N–C) groups is 1. The summed E-state index contributed by atoms with van der Waals surface area (Å²) in [5, 5.41) is 6.45. The lowest BCUT2D eigenvalue weighted by molar-refractivity contribution is -0.176. The first-order valence-corrected chi connectivity index (χ1v) is 9.64. The van der Waals surface area contributed by atoms with Gasteiger partial charge in [-0.1, -0.05) is 30.3 Å². The maximum Gasteiger partial charge on any atom is 0.411 e. The molecule has 0 amide bonds. The van der Waals surface area contributed by atoms with Crippen molar-refractivity contribution >= 4 is 11.8 Å². The summed E-state index contributed by atoms with van der Waals surface area (Å²) in [5.41, 5.74) is 2.53. The molecule has 1 aromatic carbocycles. The number of pyridine rings is 1. The van der Waals surface area contributed by atoms with Crippen LogP contribution in [0.3, 0.4) is 0 Å². The molecule has 0 saturated heterocycles. The van der Waals surface area contributed by atoms with Crippen LogP contribution in [0.4, 0.5) is 19.0 Å². The van der Waals surface area contributed by atoms with E-state index < -0.39 is 12.8 Å². The third-order valence-electron chi connectivity index (χ3n) is 4.01. The predicted octanol–water partition coefficient (Wildman–Crippen LogP) is 3.48. The van der Waals surface area contributed by atoms with Gasteiger partial charge in [0, 0.05) is 20.6 Å². The van der Waals surface area contributed by atoms with Gasteiger partial charge in [0.15, 0.2) is 5.96 Å². The van der Waals surface area contributed by atoms with Gasteiger partial charge < -0.3 is 20.3 Å². The number of alkyl halides is 3. The van der Waals surface area contributed by atoms with Gasteiger partial charge in [0.05, 0.1) is 25.4 Å². The van der Waals surface area contributed by atoms with Gasteiger partial charge in [-0.25, -0.2) is 9.98 Å². The topological polar surface area (TPSA) is 61.8 Å². The Kier molecular flexibility index (Phi) is 8.91. The highest BCUT2D eigenvalue weighted by atomic mass is 19.4. The van der Waals surface area contributed by atoms with Gasteiger partial charge in [0.25, 0.3) is 0 Å². The minimum Gasteiger partial charge on any atom is -0.367 e. The number of benzene rings is 1. The highest BCUT2D eigenvalue weighted by Gasteiger charge is 2.27. The Morgan fingerprint density at radius 2 is 1.77 bits per heavy atom. The van der Waals surface area contributed by atoms with Crippen LogP contribution < -0.4 is 15.5 Å². The van der Waals surface area contributed by atoms with Crippen molar-refractivity contribution < 1.29 is 17.9 Å². The summed E-state index contributed by atoms with van der Waals surface area (Å²) in [6, 6.07) is 13.0. The van der Waals surface area contributed by atoms with Crippen molar-refractivity contribution in [2.45, 2.75) is 32.8 Å². The molecule has 1 heterocycles. The number of anilines is 1. The molecule has 1 aromatic heterocycles. The normalized spacial score (nSPS) is 12.0. The van der Waals surface area contributed by atoms with Crippen molar-refractivity contribution in [2.75, 3.05) is 32.1 Å². The molecule has 0 aliphatic carbocycles. The summed E-state index contributed by atoms with van der Waals surface area (Å²) in [4.78, 5) is 11.1. The number of nitrogens with zero attached hydrogens (tertiary/aromatic N) is 3. The van der Waals surface area contributed by atoms with Crippen LogP contribution >= 0.6 is 0 Å². The van der Waals surface area contributed by atoms with E-state index in [0.29, 0.717) is 31.2 Å². The molecular formula is C21H28F3N5O. The monoisotopic (exact) mass is 423 g/mol. The van der Waals surface area contributed by atoms with Crippen LogP contribution in [-0.2, 0) is 24.4 Å². The summed E-state index contributed by atoms with van der Waals surface area (Å²) in [7, 11) is 3.89. The molecular weight excluding hydrogens is 395 g/mol. The quantitative estimate of drug-likeness (QED) is 0.478. The Bertz CT molecular complexity index is 807. The standard InChI is InChI=1S/C21H28F3N5O/c1-4-25-20(27-13-18-6-5-7-19(28-18)29(2)3)26-12-16-8-10-17(11-9-16)14-30-15-21(22,23)24/h5-11H,4,12-15H2,1-3H3,(H2,25,26,27). The van der Waals surface area contributed by atoms with Gasteiger partial charge in [-0.3, -0.25) is 0 Å². The van der Waals surface area contributed by atoms with Crippen LogP contribution in [0.1, 0.15) is 23.7 Å². The third-order valence-corrected chi connectivity index (χ3v) is 4.01. The van der Waals surface area contributed by atoms with E-state index in [1.165, 1.54) is 0 Å². The number of guanidine groups is 1. The molecule has 0 atom stereocenters. The van der Waals surface area contributed by atoms with Crippen LogP contribution in [0.2, 0.25) is 0 Å². The molecule has 9 heteroatoms. The first kappa shape index (κ1) is 23.5. The van der Waals surface area contributed by atoms with E-state index in [1.807, 2.05) is 56.3 Å². The van der Waals surface area contributed by atoms with Crippen LogP contribution in [0, 0.1) is 0 Å². The number of ether oxygens (including phenoxy) is 1. The molecule has 164 valence electrons. The first-order valence-electron chi connectivity index (χ1n) is 9.64. The van der Waals surface area contributed by atoms with E-state index in [0.717, 1.165) is 17.1 Å². The average molecular weight is 423 g/mol. The fourth-order valence-electron chi connectivity index (χ4n) is 2.53. The lowest BCUT2D eigenvalue weighted by Gasteiger charge is -2.14. The van der Waals surface area contributed by atoms with Crippen molar-refractivity contribution in [3.63, 3.8) is 0 Å². The molecule has 2 rings (SSSR count). The maximum absolute atomic E-state index is 12.1. The van der Waals surface area contributed by atoms with E-state index in [-0.39, 0.29) is 6.61 Å². The molecule has 0 saturated carbocycles. The van der Waals surface area contributed by atoms with E-state index in [2.05, 4.69) is 25.3 Å². The zero-order chi connectivity index (χ0) is 22.0. The van der Waals surface area contributed by atoms with E-state index in [4.69, 9.17) is 0 Å². The average Bonchev–Trinajstić information content (AvgIpc) is 2.70. The molecule has 0 aliphatic rings. The zero-order valence-electron chi connectivity index (χ0n) is 17.5. The Hall–Kier alpha value is -2.81. The summed E-state index contributed by atoms with van der Waals surface area (Å²) in [5.74, 6) is 1.54. The maximum atomic E-state index is 12.1. The SMILES string of the molecule is CCNC(=NCc1ccc(COCC(F)(F)F)cc1)NCc1cccc(N(C)C)n1. The van der Waals surface area contributed by atoms with Gasteiger partial charge in [0.1, 0.15) is 12.4 Å². The molecule has 0 radical (unpaired) electrons. The lowest BCUT2D eigenvalue weighted by atomic mass is 10.1. The molecule has 0 fully saturated rings. The number of halogens is 3. The van der Waals surface area contributed by atoms with Crippen LogP contribution in [0.5, 0.6) is 0 Å². The summed E-state index contributed by atoms with van der Waals surface area (Å²) < 4.78 is 41.1. The van der Waals surface area contributed by atoms with Gasteiger partial charge in [-0.15, -0.1) is 0 Å². The molecule has 2 N–H and O–H groups in total. The van der Waals surface area contributed by atoms with Gasteiger partial charge in [0.2, 0.25) is 0 Å². The number of nitrogens with one attached hydrogen (secondary N) is 2. The second-order valence-electron chi connectivity index (χ2n) is 6.85. The minimum atomic E-state index is -4.31. The van der Waals surface area contributed by atoms with E-state index >= 15 is 0 Å². The molecule has 6 nitrogen and oxygen atoms in total. The van der Waals surface area contributed by atoms with Crippen molar-refractivity contribution in [3.8, 4) is 0 Å². The number of rotatable bonds is 9. The Labute approximate surface area is 175 Å². The zero-order valence-corrected chi connectivity index (χ0v) is 17.5. The van der Waals surface area contributed by atoms with Crippen LogP contribution in [0.15, 0.2) is 47.5 Å². The Balaban J connectivity index is 1.90. The number of hydrogen-bond donors (Lipinski definition) is 2. The summed E-state index contributed by atoms with van der Waals surface area (Å²) in [6.07, 6.45) is -4.31. The Morgan fingerprint density at radius 3 is 2.40 bits per heavy atom. The van der Waals surface area contributed by atoms with Crippen molar-refractivity contribution in [1.29, 1.82) is 0 Å². The molecule has 0 aliphatic heterocycles. The van der Waals surface area contributed by atoms with Crippen molar-refractivity contribution in [1.82, 2.24) is 15.6 Å². The fourth-order valence-corrected chi connectivity index (χ4v) is 2.53. The molecule has 2 aromatic rings. The van der Waals surface area contributed by atoms with Crippen molar-refractivity contribution in [3.05, 3.63) is 59.3 Å². The Morgan fingerprint density at radius 1 is 1.07 bits per heavy atom. The fraction of sp³-hybridized carbons (Fsp3) is 0.429. The second kappa shape index (κ2) is 11.4. The summed E-state index contributed by atoms with van der Waals surface area (Å²) in [6.45, 7) is 2.34. The van der Waals surface area contributed by atoms with E-state index in [1.54, 1.807) is 12.1 Å². The molecule has 0 bridgehead atoms. The highest BCUT2D eigenvalue weighted by molar-refractivity contribution is 5.79. The highest BCUT2D eigenvalue weighted by Crippen LogP contribution is 2.16. The smallest absolute Gasteiger partial charge is 0.367 e. The van der Waals surface area contributed by atoms with Gasteiger partial charge >= 0.3 is 6.18 Å². The third kappa shape index (κ3) is 8.69. The predicted molar refractivity (Wildman–Crippen MR) is 112 cm³/mol. The van der Waals surface area contributed by atoms with Crippen LogP contribution in [-0.4, -0.2) is 44.4 Å². The largest absolute Gasteiger partial charge is 0.411 e. The molecule has 0 unspecified atom stereocenters. The van der Waals surface area contributed by atoms with E-state index in [9.17, 15) is 13.2 Å².